The van der Waals surface area contributed by atoms with Gasteiger partial charge in [-0.05, 0) is 60.9 Å². The quantitative estimate of drug-likeness (QED) is 0.207. The summed E-state index contributed by atoms with van der Waals surface area (Å²) >= 11 is 5.37. The smallest absolute Gasteiger partial charge is 0.266 e. The van der Waals surface area contributed by atoms with Gasteiger partial charge in [-0.3, -0.25) is 19.3 Å². The van der Waals surface area contributed by atoms with Crippen LogP contribution in [0.2, 0.25) is 0 Å². The summed E-state index contributed by atoms with van der Waals surface area (Å²) in [5.74, 6) is -0.0565. The molecule has 170 valence electrons. The number of benzene rings is 3. The van der Waals surface area contributed by atoms with Crippen molar-refractivity contribution in [2.45, 2.75) is 26.9 Å². The summed E-state index contributed by atoms with van der Waals surface area (Å²) < 4.78 is 5.82. The highest BCUT2D eigenvalue weighted by atomic mass is 32.1. The second-order valence-electron chi connectivity index (χ2n) is 8.09. The molecule has 34 heavy (non-hydrogen) atoms. The molecule has 0 saturated carbocycles. The molecule has 3 aromatic carbocycles. The van der Waals surface area contributed by atoms with Crippen LogP contribution in [0.25, 0.3) is 6.08 Å². The van der Waals surface area contributed by atoms with Gasteiger partial charge in [0.25, 0.3) is 5.91 Å². The fourth-order valence-electron chi connectivity index (χ4n) is 3.74. The summed E-state index contributed by atoms with van der Waals surface area (Å²) in [6.45, 7) is 3.75. The summed E-state index contributed by atoms with van der Waals surface area (Å²) in [6, 6.07) is 21.9. The zero-order chi connectivity index (χ0) is 24.2. The second-order valence-corrected chi connectivity index (χ2v) is 8.56. The number of ether oxygens (including phenoxy) is 1. The molecule has 4 rings (SSSR count). The standard InChI is InChI=1S/C28H23NO4S/c1-18-6-3-4-9-25(18)29-27(34)16-26(31)24(28(29)32)15-20-10-12-23(13-11-20)33-17-21-7-5-8-22(14-21)19(2)30/h3-15H,16-17H2,1-2H3/b24-15+. The van der Waals surface area contributed by atoms with Gasteiger partial charge in [0.05, 0.1) is 22.7 Å². The van der Waals surface area contributed by atoms with Gasteiger partial charge in [-0.25, -0.2) is 0 Å². The van der Waals surface area contributed by atoms with E-state index in [2.05, 4.69) is 0 Å². The van der Waals surface area contributed by atoms with E-state index in [1.165, 1.54) is 11.8 Å². The topological polar surface area (TPSA) is 63.7 Å². The van der Waals surface area contributed by atoms with Crippen LogP contribution < -0.4 is 9.64 Å². The summed E-state index contributed by atoms with van der Waals surface area (Å²) in [5.41, 5.74) is 3.94. The van der Waals surface area contributed by atoms with Gasteiger partial charge >= 0.3 is 0 Å². The molecule has 0 atom stereocenters. The lowest BCUT2D eigenvalue weighted by molar-refractivity contribution is -0.120. The summed E-state index contributed by atoms with van der Waals surface area (Å²) in [4.78, 5) is 39.1. The number of ketones is 2. The normalized spacial score (nSPS) is 15.1. The molecule has 1 saturated heterocycles. The number of nitrogens with zero attached hydrogens (tertiary/aromatic N) is 1. The molecule has 0 bridgehead atoms. The van der Waals surface area contributed by atoms with Crippen LogP contribution in [-0.4, -0.2) is 22.5 Å². The van der Waals surface area contributed by atoms with Gasteiger partial charge in [-0.1, -0.05) is 60.7 Å². The number of hydrogen-bond donors (Lipinski definition) is 0. The van der Waals surface area contributed by atoms with Crippen LogP contribution in [0.5, 0.6) is 5.75 Å². The molecule has 0 unspecified atom stereocenters. The highest BCUT2D eigenvalue weighted by Crippen LogP contribution is 2.28. The van der Waals surface area contributed by atoms with Crippen molar-refractivity contribution in [3.8, 4) is 5.75 Å². The van der Waals surface area contributed by atoms with Crippen LogP contribution in [0.1, 0.15) is 40.4 Å². The average molecular weight is 470 g/mol. The molecule has 0 aliphatic carbocycles. The van der Waals surface area contributed by atoms with E-state index in [0.717, 1.165) is 11.1 Å². The highest BCUT2D eigenvalue weighted by molar-refractivity contribution is 7.80. The maximum absolute atomic E-state index is 13.2. The summed E-state index contributed by atoms with van der Waals surface area (Å²) in [6.07, 6.45) is 1.61. The third-order valence-corrected chi connectivity index (χ3v) is 5.91. The fraction of sp³-hybridized carbons (Fsp3) is 0.143. The molecule has 1 aliphatic rings. The van der Waals surface area contributed by atoms with E-state index in [1.807, 2.05) is 49.4 Å². The Morgan fingerprint density at radius 1 is 1.03 bits per heavy atom. The van der Waals surface area contributed by atoms with Crippen LogP contribution in [0.4, 0.5) is 5.69 Å². The van der Waals surface area contributed by atoms with Crippen molar-refractivity contribution < 1.29 is 19.1 Å². The molecule has 5 nitrogen and oxygen atoms in total. The predicted molar refractivity (Wildman–Crippen MR) is 136 cm³/mol. The number of hydrogen-bond acceptors (Lipinski definition) is 5. The average Bonchev–Trinajstić information content (AvgIpc) is 2.82. The third kappa shape index (κ3) is 5.02. The Hall–Kier alpha value is -3.90. The minimum Gasteiger partial charge on any atom is -0.489 e. The Morgan fingerprint density at radius 3 is 2.47 bits per heavy atom. The first-order valence-corrected chi connectivity index (χ1v) is 11.2. The van der Waals surface area contributed by atoms with Crippen molar-refractivity contribution in [2.24, 2.45) is 0 Å². The molecular weight excluding hydrogens is 446 g/mol. The van der Waals surface area contributed by atoms with E-state index in [-0.39, 0.29) is 23.6 Å². The van der Waals surface area contributed by atoms with Gasteiger partial charge in [0, 0.05) is 5.56 Å². The van der Waals surface area contributed by atoms with E-state index in [4.69, 9.17) is 17.0 Å². The van der Waals surface area contributed by atoms with Gasteiger partial charge < -0.3 is 4.74 Å². The molecule has 1 heterocycles. The lowest BCUT2D eigenvalue weighted by atomic mass is 9.98. The second kappa shape index (κ2) is 9.93. The number of aryl methyl sites for hydroxylation is 1. The number of thiocarbonyl (C=S) groups is 1. The number of Topliss-reactive ketones (excluding diaryl/α,β-unsaturated/α-hetero) is 2. The van der Waals surface area contributed by atoms with Gasteiger partial charge in [0.15, 0.2) is 11.6 Å². The van der Waals surface area contributed by atoms with E-state index >= 15 is 0 Å². The Morgan fingerprint density at radius 2 is 1.76 bits per heavy atom. The van der Waals surface area contributed by atoms with Crippen molar-refractivity contribution >= 4 is 46.4 Å². The van der Waals surface area contributed by atoms with E-state index in [9.17, 15) is 14.4 Å². The van der Waals surface area contributed by atoms with Crippen molar-refractivity contribution in [1.29, 1.82) is 0 Å². The number of rotatable bonds is 6. The first kappa shape index (κ1) is 23.3. The molecule has 3 aromatic rings. The van der Waals surface area contributed by atoms with E-state index in [0.29, 0.717) is 34.2 Å². The number of carbonyl (C=O) groups excluding carboxylic acids is 3. The van der Waals surface area contributed by atoms with Gasteiger partial charge in [0.1, 0.15) is 12.4 Å². The molecule has 0 N–H and O–H groups in total. The molecule has 1 fully saturated rings. The monoisotopic (exact) mass is 469 g/mol. The minimum absolute atomic E-state index is 0.00722. The molecule has 0 aromatic heterocycles. The molecule has 0 radical (unpaired) electrons. The Balaban J connectivity index is 1.51. The lowest BCUT2D eigenvalue weighted by Crippen LogP contribution is -2.44. The fourth-order valence-corrected chi connectivity index (χ4v) is 4.05. The van der Waals surface area contributed by atoms with Crippen molar-refractivity contribution in [1.82, 2.24) is 0 Å². The van der Waals surface area contributed by atoms with Crippen molar-refractivity contribution in [3.05, 3.63) is 101 Å². The van der Waals surface area contributed by atoms with Crippen LogP contribution in [0, 0.1) is 6.92 Å². The summed E-state index contributed by atoms with van der Waals surface area (Å²) in [5, 5.41) is 0. The Labute approximate surface area is 203 Å². The van der Waals surface area contributed by atoms with Gasteiger partial charge in [-0.15, -0.1) is 0 Å². The maximum Gasteiger partial charge on any atom is 0.266 e. The number of carbonyl (C=O) groups is 3. The molecule has 0 spiro atoms. The van der Waals surface area contributed by atoms with Crippen LogP contribution >= 0.6 is 12.2 Å². The molecule has 1 aliphatic heterocycles. The zero-order valence-electron chi connectivity index (χ0n) is 18.9. The van der Waals surface area contributed by atoms with E-state index in [1.54, 1.807) is 36.4 Å². The first-order valence-electron chi connectivity index (χ1n) is 10.8. The third-order valence-electron chi connectivity index (χ3n) is 5.58. The predicted octanol–water partition coefficient (Wildman–Crippen LogP) is 5.49. The number of para-hydroxylation sites is 1. The highest BCUT2D eigenvalue weighted by Gasteiger charge is 2.35. The van der Waals surface area contributed by atoms with Gasteiger partial charge in [0.2, 0.25) is 0 Å². The molecule has 1 amide bonds. The van der Waals surface area contributed by atoms with Gasteiger partial charge in [-0.2, -0.15) is 0 Å². The number of anilines is 1. The first-order chi connectivity index (χ1) is 16.3. The zero-order valence-corrected chi connectivity index (χ0v) is 19.7. The Bertz CT molecular complexity index is 1320. The Kier molecular flexibility index (Phi) is 6.80. The van der Waals surface area contributed by atoms with Crippen LogP contribution in [0.3, 0.4) is 0 Å². The van der Waals surface area contributed by atoms with Crippen molar-refractivity contribution in [2.75, 3.05) is 4.90 Å². The van der Waals surface area contributed by atoms with Crippen molar-refractivity contribution in [3.63, 3.8) is 0 Å². The molecular formula is C28H23NO4S. The van der Waals surface area contributed by atoms with E-state index < -0.39 is 5.91 Å². The largest absolute Gasteiger partial charge is 0.489 e. The maximum atomic E-state index is 13.2. The van der Waals surface area contributed by atoms with Crippen LogP contribution in [-0.2, 0) is 16.2 Å². The summed E-state index contributed by atoms with van der Waals surface area (Å²) in [7, 11) is 0. The number of amides is 1. The SMILES string of the molecule is CC(=O)c1cccc(COc2ccc(/C=C3\C(=O)CC(=S)N(c4ccccc4C)C3=O)cc2)c1. The minimum atomic E-state index is -0.416. The molecule has 6 heteroatoms. The lowest BCUT2D eigenvalue weighted by Gasteiger charge is -2.29. The van der Waals surface area contributed by atoms with Crippen LogP contribution in [0.15, 0.2) is 78.4 Å². The number of piperidine rings is 1.